The molecule has 1 aromatic rings. The lowest BCUT2D eigenvalue weighted by Crippen LogP contribution is -2.47. The molecular formula is C21H29N3O4. The molecule has 0 radical (unpaired) electrons. The summed E-state index contributed by atoms with van der Waals surface area (Å²) >= 11 is 0. The van der Waals surface area contributed by atoms with Gasteiger partial charge in [0.15, 0.2) is 11.5 Å². The number of benzene rings is 1. The fourth-order valence-electron chi connectivity index (χ4n) is 4.92. The van der Waals surface area contributed by atoms with Gasteiger partial charge in [-0.3, -0.25) is 9.69 Å². The molecule has 1 N–H and O–H groups in total. The van der Waals surface area contributed by atoms with E-state index in [1.54, 1.807) is 9.80 Å². The SMILES string of the molecule is CC1CC(NC(=O)CN2CCN(c3ccc4c(c3)OCO4)C2=O)CC(C)(C)C1. The quantitative estimate of drug-likeness (QED) is 0.862. The second-order valence-electron chi connectivity index (χ2n) is 9.07. The van der Waals surface area contributed by atoms with E-state index in [-0.39, 0.29) is 36.7 Å². The van der Waals surface area contributed by atoms with Crippen molar-refractivity contribution in [3.63, 3.8) is 0 Å². The maximum atomic E-state index is 12.8. The van der Waals surface area contributed by atoms with Gasteiger partial charge in [0, 0.05) is 30.9 Å². The zero-order valence-electron chi connectivity index (χ0n) is 16.9. The molecule has 0 spiro atoms. The Morgan fingerprint density at radius 1 is 1.21 bits per heavy atom. The van der Waals surface area contributed by atoms with E-state index in [1.165, 1.54) is 6.42 Å². The normalized spacial score (nSPS) is 25.9. The number of carbonyl (C=O) groups is 2. The zero-order valence-corrected chi connectivity index (χ0v) is 16.9. The van der Waals surface area contributed by atoms with Gasteiger partial charge in [-0.05, 0) is 42.7 Å². The van der Waals surface area contributed by atoms with Crippen LogP contribution < -0.4 is 19.7 Å². The molecule has 2 aliphatic heterocycles. The number of ether oxygens (including phenoxy) is 2. The number of nitrogens with zero attached hydrogens (tertiary/aromatic N) is 2. The number of fused-ring (bicyclic) bond motifs is 1. The number of carbonyl (C=O) groups excluding carboxylic acids is 2. The molecule has 0 aromatic heterocycles. The second-order valence-corrected chi connectivity index (χ2v) is 9.07. The lowest BCUT2D eigenvalue weighted by atomic mass is 9.70. The van der Waals surface area contributed by atoms with Crippen LogP contribution in [-0.2, 0) is 4.79 Å². The molecule has 28 heavy (non-hydrogen) atoms. The van der Waals surface area contributed by atoms with Crippen molar-refractivity contribution >= 4 is 17.6 Å². The Balaban J connectivity index is 1.34. The van der Waals surface area contributed by atoms with Crippen LogP contribution in [0.3, 0.4) is 0 Å². The smallest absolute Gasteiger partial charge is 0.325 e. The van der Waals surface area contributed by atoms with Gasteiger partial charge in [0.2, 0.25) is 12.7 Å². The number of urea groups is 1. The van der Waals surface area contributed by atoms with Crippen LogP contribution in [0.4, 0.5) is 10.5 Å². The van der Waals surface area contributed by atoms with Crippen molar-refractivity contribution in [1.29, 1.82) is 0 Å². The fourth-order valence-corrected chi connectivity index (χ4v) is 4.92. The highest BCUT2D eigenvalue weighted by Crippen LogP contribution is 2.38. The van der Waals surface area contributed by atoms with Crippen LogP contribution in [0.25, 0.3) is 0 Å². The van der Waals surface area contributed by atoms with Crippen molar-refractivity contribution in [2.75, 3.05) is 31.3 Å². The first-order valence-electron chi connectivity index (χ1n) is 10.1. The first-order chi connectivity index (χ1) is 13.3. The molecule has 1 aliphatic carbocycles. The summed E-state index contributed by atoms with van der Waals surface area (Å²) in [5.41, 5.74) is 1.01. The molecule has 2 atom stereocenters. The predicted octanol–water partition coefficient (Wildman–Crippen LogP) is 2.99. The molecule has 2 heterocycles. The van der Waals surface area contributed by atoms with Crippen molar-refractivity contribution < 1.29 is 19.1 Å². The molecule has 4 rings (SSSR count). The van der Waals surface area contributed by atoms with Gasteiger partial charge in [0.05, 0.1) is 0 Å². The Morgan fingerprint density at radius 2 is 2.00 bits per heavy atom. The van der Waals surface area contributed by atoms with E-state index in [9.17, 15) is 9.59 Å². The van der Waals surface area contributed by atoms with Gasteiger partial charge in [-0.15, -0.1) is 0 Å². The average Bonchev–Trinajstić information content (AvgIpc) is 3.19. The van der Waals surface area contributed by atoms with E-state index in [0.717, 1.165) is 18.5 Å². The van der Waals surface area contributed by atoms with Gasteiger partial charge < -0.3 is 19.7 Å². The Kier molecular flexibility index (Phi) is 4.85. The van der Waals surface area contributed by atoms with E-state index in [1.807, 2.05) is 18.2 Å². The molecule has 1 saturated carbocycles. The Hall–Kier alpha value is -2.44. The summed E-state index contributed by atoms with van der Waals surface area (Å²) in [7, 11) is 0. The minimum Gasteiger partial charge on any atom is -0.454 e. The highest BCUT2D eigenvalue weighted by Gasteiger charge is 2.35. The monoisotopic (exact) mass is 387 g/mol. The predicted molar refractivity (Wildman–Crippen MR) is 106 cm³/mol. The average molecular weight is 387 g/mol. The van der Waals surface area contributed by atoms with Crippen LogP contribution in [0.15, 0.2) is 18.2 Å². The second kappa shape index (κ2) is 7.18. The summed E-state index contributed by atoms with van der Waals surface area (Å²) in [5, 5.41) is 3.15. The van der Waals surface area contributed by atoms with Crippen molar-refractivity contribution in [3.8, 4) is 11.5 Å². The molecule has 7 nitrogen and oxygen atoms in total. The summed E-state index contributed by atoms with van der Waals surface area (Å²) in [6, 6.07) is 5.52. The summed E-state index contributed by atoms with van der Waals surface area (Å²) in [5.74, 6) is 1.87. The third-order valence-electron chi connectivity index (χ3n) is 5.85. The molecule has 3 amide bonds. The molecule has 2 fully saturated rings. The summed E-state index contributed by atoms with van der Waals surface area (Å²) in [6.07, 6.45) is 3.18. The molecule has 3 aliphatic rings. The molecule has 1 aromatic carbocycles. The fraction of sp³-hybridized carbons (Fsp3) is 0.619. The van der Waals surface area contributed by atoms with E-state index < -0.39 is 0 Å². The van der Waals surface area contributed by atoms with E-state index >= 15 is 0 Å². The van der Waals surface area contributed by atoms with Gasteiger partial charge in [0.1, 0.15) is 6.54 Å². The van der Waals surface area contributed by atoms with Crippen LogP contribution in [-0.4, -0.2) is 49.3 Å². The van der Waals surface area contributed by atoms with Crippen molar-refractivity contribution in [1.82, 2.24) is 10.2 Å². The maximum Gasteiger partial charge on any atom is 0.325 e. The van der Waals surface area contributed by atoms with Crippen LogP contribution in [0.5, 0.6) is 11.5 Å². The lowest BCUT2D eigenvalue weighted by Gasteiger charge is -2.39. The Bertz CT molecular complexity index is 779. The standard InChI is InChI=1S/C21H29N3O4/c1-14-8-15(11-21(2,3)10-14)22-19(25)12-23-6-7-24(20(23)26)16-4-5-17-18(9-16)28-13-27-17/h4-5,9,14-15H,6-8,10-13H2,1-3H3,(H,22,25). The minimum absolute atomic E-state index is 0.0733. The highest BCUT2D eigenvalue weighted by atomic mass is 16.7. The topological polar surface area (TPSA) is 71.1 Å². The molecule has 0 bridgehead atoms. The number of hydrogen-bond donors (Lipinski definition) is 1. The van der Waals surface area contributed by atoms with E-state index in [2.05, 4.69) is 26.1 Å². The van der Waals surface area contributed by atoms with E-state index in [0.29, 0.717) is 30.5 Å². The third-order valence-corrected chi connectivity index (χ3v) is 5.85. The molecule has 2 unspecified atom stereocenters. The number of rotatable bonds is 4. The number of hydrogen-bond acceptors (Lipinski definition) is 4. The zero-order chi connectivity index (χ0) is 19.9. The van der Waals surface area contributed by atoms with Gasteiger partial charge in [-0.25, -0.2) is 4.79 Å². The van der Waals surface area contributed by atoms with Crippen LogP contribution in [0.2, 0.25) is 0 Å². The largest absolute Gasteiger partial charge is 0.454 e. The number of anilines is 1. The van der Waals surface area contributed by atoms with Crippen LogP contribution in [0.1, 0.15) is 40.0 Å². The summed E-state index contributed by atoms with van der Waals surface area (Å²) in [4.78, 5) is 28.6. The van der Waals surface area contributed by atoms with Gasteiger partial charge >= 0.3 is 6.03 Å². The maximum absolute atomic E-state index is 12.8. The first kappa shape index (κ1) is 18.9. The molecule has 152 valence electrons. The van der Waals surface area contributed by atoms with E-state index in [4.69, 9.17) is 9.47 Å². The first-order valence-corrected chi connectivity index (χ1v) is 10.1. The molecule has 7 heteroatoms. The van der Waals surface area contributed by atoms with Gasteiger partial charge in [0.25, 0.3) is 0 Å². The molecule has 1 saturated heterocycles. The van der Waals surface area contributed by atoms with Crippen LogP contribution >= 0.6 is 0 Å². The number of amides is 3. The minimum atomic E-state index is -0.147. The lowest BCUT2D eigenvalue weighted by molar-refractivity contribution is -0.122. The third kappa shape index (κ3) is 3.88. The number of nitrogens with one attached hydrogen (secondary N) is 1. The van der Waals surface area contributed by atoms with Gasteiger partial charge in [-0.2, -0.15) is 0 Å². The van der Waals surface area contributed by atoms with Gasteiger partial charge in [-0.1, -0.05) is 20.8 Å². The van der Waals surface area contributed by atoms with Crippen LogP contribution in [0, 0.1) is 11.3 Å². The highest BCUT2D eigenvalue weighted by molar-refractivity contribution is 5.96. The van der Waals surface area contributed by atoms with Crippen molar-refractivity contribution in [3.05, 3.63) is 18.2 Å². The van der Waals surface area contributed by atoms with Crippen molar-refractivity contribution in [2.24, 2.45) is 11.3 Å². The molecular weight excluding hydrogens is 358 g/mol. The summed E-state index contributed by atoms with van der Waals surface area (Å²) in [6.45, 7) is 8.16. The summed E-state index contributed by atoms with van der Waals surface area (Å²) < 4.78 is 10.7. The van der Waals surface area contributed by atoms with Crippen molar-refractivity contribution in [2.45, 2.75) is 46.1 Å². The Labute approximate surface area is 166 Å². The Morgan fingerprint density at radius 3 is 2.79 bits per heavy atom.